The van der Waals surface area contributed by atoms with Crippen molar-refractivity contribution < 1.29 is 63.1 Å². The Morgan fingerprint density at radius 3 is 1.56 bits per heavy atom. The first kappa shape index (κ1) is 53.5. The van der Waals surface area contributed by atoms with E-state index in [4.69, 9.17) is 18.5 Å². The number of carbonyl (C=O) groups is 2. The number of hydrogen-bond donors (Lipinski definition) is 6. The Balaban J connectivity index is 2.61. The maximum absolute atomic E-state index is 12.8. The molecule has 0 bridgehead atoms. The zero-order chi connectivity index (χ0) is 43.6. The molecule has 1 aliphatic rings. The van der Waals surface area contributed by atoms with E-state index in [1.54, 1.807) is 0 Å². The van der Waals surface area contributed by atoms with Gasteiger partial charge in [0.15, 0.2) is 6.10 Å². The highest BCUT2D eigenvalue weighted by Gasteiger charge is 2.51. The van der Waals surface area contributed by atoms with E-state index in [2.05, 4.69) is 56.4 Å². The predicted octanol–water partition coefficient (Wildman–Crippen LogP) is 7.27. The average Bonchev–Trinajstić information content (AvgIpc) is 3.21. The van der Waals surface area contributed by atoms with Gasteiger partial charge in [0, 0.05) is 12.8 Å². The van der Waals surface area contributed by atoms with Crippen molar-refractivity contribution >= 4 is 19.8 Å². The standard InChI is InChI=1S/C45H69O13P/c1-3-5-7-9-11-13-15-17-18-19-20-22-23-25-27-29-31-33-38(46)55-35-37(36-56-59(53,54)58-45-43(51)41(49)40(48)42(50)44(45)52)57-39(47)34-32-30-28-26-24-21-16-14-12-10-8-6-4-2/h6,8,10-14,16-18,20-22,24-28,37,40-45,48-52H,3-5,7,9,15,19,23,29-36H2,1-2H3,(H,53,54)/b8-6+,12-10+,13-11+,16-14+,18-17+,22-20+,24-21+,27-25+,28-26+/t37?,40?,41-,42?,43?,44?,45?/m0/s1. The zero-order valence-electron chi connectivity index (χ0n) is 34.7. The number of rotatable bonds is 31. The van der Waals surface area contributed by atoms with Gasteiger partial charge in [0.25, 0.3) is 0 Å². The molecule has 8 atom stereocenters. The monoisotopic (exact) mass is 848 g/mol. The second-order valence-corrected chi connectivity index (χ2v) is 15.3. The van der Waals surface area contributed by atoms with E-state index in [1.807, 2.05) is 66.8 Å². The lowest BCUT2D eigenvalue weighted by Gasteiger charge is -2.41. The first-order valence-corrected chi connectivity index (χ1v) is 22.3. The second-order valence-electron chi connectivity index (χ2n) is 13.9. The highest BCUT2D eigenvalue weighted by atomic mass is 31.2. The highest BCUT2D eigenvalue weighted by Crippen LogP contribution is 2.47. The summed E-state index contributed by atoms with van der Waals surface area (Å²) in [7, 11) is -5.15. The molecule has 0 aromatic carbocycles. The lowest BCUT2D eigenvalue weighted by atomic mass is 9.85. The number of aliphatic hydroxyl groups excluding tert-OH is 5. The van der Waals surface area contributed by atoms with Crippen molar-refractivity contribution in [3.05, 3.63) is 109 Å². The van der Waals surface area contributed by atoms with Crippen LogP contribution in [0.15, 0.2) is 109 Å². The van der Waals surface area contributed by atoms with Gasteiger partial charge in [-0.15, -0.1) is 0 Å². The summed E-state index contributed by atoms with van der Waals surface area (Å²) in [6.07, 6.45) is 33.2. The maximum atomic E-state index is 12.8. The Hall–Kier alpha value is -3.49. The molecule has 7 unspecified atom stereocenters. The Morgan fingerprint density at radius 1 is 0.559 bits per heavy atom. The summed E-state index contributed by atoms with van der Waals surface area (Å²) < 4.78 is 33.2. The molecule has 1 aliphatic carbocycles. The van der Waals surface area contributed by atoms with Gasteiger partial charge < -0.3 is 39.9 Å². The largest absolute Gasteiger partial charge is 0.472 e. The lowest BCUT2D eigenvalue weighted by molar-refractivity contribution is -0.220. The van der Waals surface area contributed by atoms with Crippen molar-refractivity contribution in [2.24, 2.45) is 0 Å². The Labute approximate surface area is 351 Å². The number of ether oxygens (including phenoxy) is 2. The topological polar surface area (TPSA) is 210 Å². The van der Waals surface area contributed by atoms with E-state index < -0.39 is 75.7 Å². The van der Waals surface area contributed by atoms with Crippen molar-refractivity contribution in [1.29, 1.82) is 0 Å². The van der Waals surface area contributed by atoms with E-state index in [1.165, 1.54) is 19.3 Å². The van der Waals surface area contributed by atoms with Crippen molar-refractivity contribution in [3.63, 3.8) is 0 Å². The zero-order valence-corrected chi connectivity index (χ0v) is 35.6. The predicted molar refractivity (Wildman–Crippen MR) is 230 cm³/mol. The van der Waals surface area contributed by atoms with Crippen LogP contribution in [0.2, 0.25) is 0 Å². The van der Waals surface area contributed by atoms with Crippen LogP contribution in [0, 0.1) is 0 Å². The third-order valence-electron chi connectivity index (χ3n) is 8.73. The molecule has 1 rings (SSSR count). The number of phosphoric acid groups is 1. The minimum atomic E-state index is -5.15. The normalized spacial score (nSPS) is 23.5. The van der Waals surface area contributed by atoms with E-state index in [9.17, 15) is 44.6 Å². The van der Waals surface area contributed by atoms with Crippen molar-refractivity contribution in [2.45, 2.75) is 146 Å². The van der Waals surface area contributed by atoms with Gasteiger partial charge in [0.05, 0.1) is 6.61 Å². The second kappa shape index (κ2) is 34.2. The van der Waals surface area contributed by atoms with Crippen LogP contribution in [0.3, 0.4) is 0 Å². The number of allylic oxidation sites excluding steroid dienone is 18. The van der Waals surface area contributed by atoms with Gasteiger partial charge in [-0.25, -0.2) is 4.57 Å². The first-order valence-electron chi connectivity index (χ1n) is 20.8. The fourth-order valence-corrected chi connectivity index (χ4v) is 6.34. The quantitative estimate of drug-likeness (QED) is 0.0134. The summed E-state index contributed by atoms with van der Waals surface area (Å²) >= 11 is 0. The lowest BCUT2D eigenvalue weighted by Crippen LogP contribution is -2.64. The van der Waals surface area contributed by atoms with Crippen molar-refractivity contribution in [2.75, 3.05) is 13.2 Å². The van der Waals surface area contributed by atoms with Crippen molar-refractivity contribution in [1.82, 2.24) is 0 Å². The first-order chi connectivity index (χ1) is 28.4. The van der Waals surface area contributed by atoms with Crippen LogP contribution < -0.4 is 0 Å². The summed E-state index contributed by atoms with van der Waals surface area (Å²) in [5.74, 6) is -1.27. The minimum absolute atomic E-state index is 0.0185. The third-order valence-corrected chi connectivity index (χ3v) is 9.71. The van der Waals surface area contributed by atoms with Crippen LogP contribution in [0.1, 0.15) is 104 Å². The maximum Gasteiger partial charge on any atom is 0.472 e. The number of hydrogen-bond acceptors (Lipinski definition) is 12. The Kier molecular flexibility index (Phi) is 31.1. The van der Waals surface area contributed by atoms with Crippen LogP contribution in [0.5, 0.6) is 0 Å². The number of unbranched alkanes of at least 4 members (excludes halogenated alkanes) is 5. The van der Waals surface area contributed by atoms with Crippen LogP contribution in [-0.4, -0.2) is 98.3 Å². The summed E-state index contributed by atoms with van der Waals surface area (Å²) in [4.78, 5) is 35.5. The summed E-state index contributed by atoms with van der Waals surface area (Å²) in [6, 6.07) is 0. The van der Waals surface area contributed by atoms with Gasteiger partial charge in [-0.1, -0.05) is 136 Å². The summed E-state index contributed by atoms with van der Waals surface area (Å²) in [5, 5.41) is 50.0. The van der Waals surface area contributed by atoms with E-state index in [0.717, 1.165) is 32.1 Å². The van der Waals surface area contributed by atoms with Crippen LogP contribution in [0.25, 0.3) is 0 Å². The van der Waals surface area contributed by atoms with E-state index in [0.29, 0.717) is 25.7 Å². The fourth-order valence-electron chi connectivity index (χ4n) is 5.37. The highest BCUT2D eigenvalue weighted by molar-refractivity contribution is 7.47. The van der Waals surface area contributed by atoms with Crippen LogP contribution >= 0.6 is 7.82 Å². The summed E-state index contributed by atoms with van der Waals surface area (Å²) in [5.41, 5.74) is 0. The molecule has 0 radical (unpaired) electrons. The number of phosphoric ester groups is 1. The molecule has 0 spiro atoms. The molecule has 332 valence electrons. The third kappa shape index (κ3) is 27.1. The number of esters is 2. The molecule has 6 N–H and O–H groups in total. The van der Waals surface area contributed by atoms with Gasteiger partial charge in [-0.05, 0) is 64.2 Å². The molecule has 59 heavy (non-hydrogen) atoms. The molecule has 0 amide bonds. The van der Waals surface area contributed by atoms with E-state index >= 15 is 0 Å². The molecule has 0 aliphatic heterocycles. The van der Waals surface area contributed by atoms with Gasteiger partial charge >= 0.3 is 19.8 Å². The molecule has 1 saturated carbocycles. The van der Waals surface area contributed by atoms with E-state index in [-0.39, 0.29) is 12.8 Å². The smallest absolute Gasteiger partial charge is 0.462 e. The molecule has 14 heteroatoms. The Morgan fingerprint density at radius 2 is 1.02 bits per heavy atom. The number of aliphatic hydroxyl groups is 5. The van der Waals surface area contributed by atoms with Crippen LogP contribution in [-0.2, 0) is 32.7 Å². The van der Waals surface area contributed by atoms with Gasteiger partial charge in [-0.3, -0.25) is 18.6 Å². The Bertz CT molecular complexity index is 1440. The SMILES string of the molecule is CC/C=C/C=C/C=C/C=C/C=C/CCCC(=O)OC(COC(=O)CCC/C=C/C/C=C/C/C=C/C/C=C/CCCCC)COP(=O)(O)OC1C(O)C(O)C(O)[C@H](O)C1O. The molecule has 13 nitrogen and oxygen atoms in total. The molecule has 1 fully saturated rings. The molecular weight excluding hydrogens is 779 g/mol. The molecule has 0 heterocycles. The van der Waals surface area contributed by atoms with Gasteiger partial charge in [0.1, 0.15) is 43.2 Å². The minimum Gasteiger partial charge on any atom is -0.462 e. The molecule has 0 aromatic rings. The molecule has 0 aromatic heterocycles. The molecule has 0 saturated heterocycles. The van der Waals surface area contributed by atoms with Crippen LogP contribution in [0.4, 0.5) is 0 Å². The van der Waals surface area contributed by atoms with Gasteiger partial charge in [-0.2, -0.15) is 0 Å². The number of carbonyl (C=O) groups excluding carboxylic acids is 2. The van der Waals surface area contributed by atoms with Gasteiger partial charge in [0.2, 0.25) is 0 Å². The molecular formula is C45H69O13P. The van der Waals surface area contributed by atoms with Crippen molar-refractivity contribution in [3.8, 4) is 0 Å². The summed E-state index contributed by atoms with van der Waals surface area (Å²) in [6.45, 7) is 2.97. The average molecular weight is 849 g/mol. The fraction of sp³-hybridized carbons (Fsp3) is 0.556.